The maximum absolute atomic E-state index is 12.5. The zero-order valence-electron chi connectivity index (χ0n) is 13.8. The van der Waals surface area contributed by atoms with Crippen molar-refractivity contribution < 1.29 is 4.79 Å². The quantitative estimate of drug-likeness (QED) is 0.938. The molecule has 0 aromatic heterocycles. The molecule has 1 N–H and O–H groups in total. The number of nitrogens with one attached hydrogen (secondary N) is 1. The van der Waals surface area contributed by atoms with Gasteiger partial charge in [0.1, 0.15) is 0 Å². The molecule has 120 valence electrons. The van der Waals surface area contributed by atoms with E-state index in [9.17, 15) is 4.79 Å². The molecule has 0 spiro atoms. The van der Waals surface area contributed by atoms with Crippen LogP contribution in [0, 0.1) is 0 Å². The average Bonchev–Trinajstić information content (AvgIpc) is 2.58. The van der Waals surface area contributed by atoms with Crippen LogP contribution in [-0.2, 0) is 11.2 Å². The molecule has 2 aromatic rings. The second kappa shape index (κ2) is 6.97. The van der Waals surface area contributed by atoms with Crippen LogP contribution in [0.5, 0.6) is 0 Å². The number of carbonyl (C=O) groups excluding carboxylic acids is 1. The molecule has 1 aliphatic heterocycles. The summed E-state index contributed by atoms with van der Waals surface area (Å²) < 4.78 is 0. The molecule has 0 radical (unpaired) electrons. The maximum atomic E-state index is 12.5. The first-order chi connectivity index (χ1) is 11.1. The van der Waals surface area contributed by atoms with Crippen molar-refractivity contribution in [1.82, 2.24) is 10.2 Å². The molecule has 0 saturated heterocycles. The number of carbonyl (C=O) groups is 1. The summed E-state index contributed by atoms with van der Waals surface area (Å²) in [5, 5.41) is 3.13. The fourth-order valence-electron chi connectivity index (χ4n) is 3.34. The highest BCUT2D eigenvalue weighted by Crippen LogP contribution is 2.31. The lowest BCUT2D eigenvalue weighted by Gasteiger charge is -2.34. The second-order valence-corrected chi connectivity index (χ2v) is 6.35. The molecule has 0 bridgehead atoms. The van der Waals surface area contributed by atoms with Crippen LogP contribution in [0.2, 0.25) is 0 Å². The monoisotopic (exact) mass is 308 g/mol. The molecule has 2 aromatic carbocycles. The first kappa shape index (κ1) is 15.8. The van der Waals surface area contributed by atoms with Gasteiger partial charge in [-0.2, -0.15) is 0 Å². The fourth-order valence-corrected chi connectivity index (χ4v) is 3.34. The molecule has 0 aliphatic carbocycles. The highest BCUT2D eigenvalue weighted by atomic mass is 16.1. The van der Waals surface area contributed by atoms with Gasteiger partial charge in [0, 0.05) is 19.0 Å². The van der Waals surface area contributed by atoms with Crippen LogP contribution < -0.4 is 5.32 Å². The predicted octanol–water partition coefficient (Wildman–Crippen LogP) is 3.48. The van der Waals surface area contributed by atoms with Crippen molar-refractivity contribution in [2.24, 2.45) is 0 Å². The number of nitrogens with zero attached hydrogens (tertiary/aromatic N) is 1. The maximum Gasteiger partial charge on any atom is 0.222 e. The van der Waals surface area contributed by atoms with Crippen molar-refractivity contribution in [3.8, 4) is 0 Å². The van der Waals surface area contributed by atoms with Gasteiger partial charge in [0.25, 0.3) is 0 Å². The largest absolute Gasteiger partial charge is 0.350 e. The molecule has 0 saturated carbocycles. The minimum absolute atomic E-state index is 0.0350. The number of hydrogen-bond acceptors (Lipinski definition) is 2. The van der Waals surface area contributed by atoms with Crippen LogP contribution in [0.15, 0.2) is 54.6 Å². The van der Waals surface area contributed by atoms with Gasteiger partial charge in [-0.1, -0.05) is 54.6 Å². The molecule has 1 amide bonds. The zero-order chi connectivity index (χ0) is 16.2. The number of rotatable bonds is 4. The third kappa shape index (κ3) is 3.62. The minimum Gasteiger partial charge on any atom is -0.350 e. The lowest BCUT2D eigenvalue weighted by molar-refractivity contribution is -0.123. The number of hydrogen-bond donors (Lipinski definition) is 1. The van der Waals surface area contributed by atoms with Gasteiger partial charge in [-0.3, -0.25) is 9.69 Å². The van der Waals surface area contributed by atoms with Crippen molar-refractivity contribution in [2.75, 3.05) is 13.6 Å². The van der Waals surface area contributed by atoms with E-state index < -0.39 is 0 Å². The minimum atomic E-state index is 0.0350. The van der Waals surface area contributed by atoms with Crippen molar-refractivity contribution >= 4 is 5.91 Å². The van der Waals surface area contributed by atoms with E-state index in [0.717, 1.165) is 18.5 Å². The van der Waals surface area contributed by atoms with E-state index in [1.54, 1.807) is 0 Å². The van der Waals surface area contributed by atoms with Crippen LogP contribution in [0.4, 0.5) is 0 Å². The van der Waals surface area contributed by atoms with Gasteiger partial charge in [-0.05, 0) is 37.1 Å². The first-order valence-electron chi connectivity index (χ1n) is 8.27. The number of benzene rings is 2. The van der Waals surface area contributed by atoms with Crippen LogP contribution in [-0.4, -0.2) is 24.4 Å². The normalized spacial score (nSPS) is 19.0. The van der Waals surface area contributed by atoms with Gasteiger partial charge in [0.15, 0.2) is 0 Å². The summed E-state index contributed by atoms with van der Waals surface area (Å²) >= 11 is 0. The molecule has 1 aliphatic rings. The Morgan fingerprint density at radius 3 is 2.65 bits per heavy atom. The van der Waals surface area contributed by atoms with E-state index in [0.29, 0.717) is 6.42 Å². The Bertz CT molecular complexity index is 668. The average molecular weight is 308 g/mol. The molecule has 3 rings (SSSR count). The van der Waals surface area contributed by atoms with E-state index in [2.05, 4.69) is 41.5 Å². The lowest BCUT2D eigenvalue weighted by atomic mass is 9.91. The topological polar surface area (TPSA) is 32.3 Å². The highest BCUT2D eigenvalue weighted by molar-refractivity contribution is 5.77. The standard InChI is InChI=1S/C20H24N2O/c1-15(16-8-4-3-5-9-16)21-20(23)14-19-18-11-7-6-10-17(18)12-13-22(19)2/h3-11,15,19H,12-14H2,1-2H3,(H,21,23). The Morgan fingerprint density at radius 2 is 1.87 bits per heavy atom. The van der Waals surface area contributed by atoms with Gasteiger partial charge in [0.05, 0.1) is 6.04 Å². The molecule has 2 atom stereocenters. The third-order valence-corrected chi connectivity index (χ3v) is 4.74. The Balaban J connectivity index is 1.68. The first-order valence-corrected chi connectivity index (χ1v) is 8.27. The molecule has 2 unspecified atom stereocenters. The summed E-state index contributed by atoms with van der Waals surface area (Å²) in [5.74, 6) is 0.106. The van der Waals surface area contributed by atoms with Crippen LogP contribution in [0.25, 0.3) is 0 Å². The predicted molar refractivity (Wildman–Crippen MR) is 93.1 cm³/mol. The van der Waals surface area contributed by atoms with E-state index in [1.165, 1.54) is 11.1 Å². The smallest absolute Gasteiger partial charge is 0.222 e. The molecular formula is C20H24N2O. The summed E-state index contributed by atoms with van der Waals surface area (Å²) in [6, 6.07) is 18.8. The number of likely N-dealkylation sites (N-methyl/N-ethyl adjacent to an activating group) is 1. The van der Waals surface area contributed by atoms with Crippen LogP contribution >= 0.6 is 0 Å². The van der Waals surface area contributed by atoms with E-state index >= 15 is 0 Å². The Morgan fingerprint density at radius 1 is 1.17 bits per heavy atom. The number of amides is 1. The molecule has 1 heterocycles. The van der Waals surface area contributed by atoms with Gasteiger partial charge in [-0.15, -0.1) is 0 Å². The lowest BCUT2D eigenvalue weighted by Crippen LogP contribution is -2.36. The summed E-state index contributed by atoms with van der Waals surface area (Å²) in [4.78, 5) is 14.8. The summed E-state index contributed by atoms with van der Waals surface area (Å²) in [6.45, 7) is 3.04. The van der Waals surface area contributed by atoms with Gasteiger partial charge >= 0.3 is 0 Å². The summed E-state index contributed by atoms with van der Waals surface area (Å²) in [5.41, 5.74) is 3.81. The van der Waals surface area contributed by atoms with Crippen LogP contribution in [0.3, 0.4) is 0 Å². The fraction of sp³-hybridized carbons (Fsp3) is 0.350. The van der Waals surface area contributed by atoms with Gasteiger partial charge < -0.3 is 5.32 Å². The Kier molecular flexibility index (Phi) is 4.77. The summed E-state index contributed by atoms with van der Waals surface area (Å²) in [6.07, 6.45) is 1.57. The Hall–Kier alpha value is -2.13. The molecule has 0 fully saturated rings. The van der Waals surface area contributed by atoms with Crippen molar-refractivity contribution in [3.05, 3.63) is 71.3 Å². The van der Waals surface area contributed by atoms with Crippen molar-refractivity contribution in [2.45, 2.75) is 31.8 Å². The molecule has 23 heavy (non-hydrogen) atoms. The van der Waals surface area contributed by atoms with Crippen molar-refractivity contribution in [1.29, 1.82) is 0 Å². The third-order valence-electron chi connectivity index (χ3n) is 4.74. The van der Waals surface area contributed by atoms with Crippen LogP contribution in [0.1, 0.15) is 42.1 Å². The summed E-state index contributed by atoms with van der Waals surface area (Å²) in [7, 11) is 2.11. The Labute approximate surface area is 138 Å². The van der Waals surface area contributed by atoms with E-state index in [4.69, 9.17) is 0 Å². The molecular weight excluding hydrogens is 284 g/mol. The zero-order valence-corrected chi connectivity index (χ0v) is 13.8. The van der Waals surface area contributed by atoms with E-state index in [-0.39, 0.29) is 18.0 Å². The SMILES string of the molecule is CC(NC(=O)CC1c2ccccc2CCN1C)c1ccccc1. The van der Waals surface area contributed by atoms with Gasteiger partial charge in [-0.25, -0.2) is 0 Å². The van der Waals surface area contributed by atoms with E-state index in [1.807, 2.05) is 37.3 Å². The second-order valence-electron chi connectivity index (χ2n) is 6.35. The molecule has 3 heteroatoms. The highest BCUT2D eigenvalue weighted by Gasteiger charge is 2.26. The van der Waals surface area contributed by atoms with Crippen molar-refractivity contribution in [3.63, 3.8) is 0 Å². The van der Waals surface area contributed by atoms with Gasteiger partial charge in [0.2, 0.25) is 5.91 Å². The molecule has 3 nitrogen and oxygen atoms in total. The number of fused-ring (bicyclic) bond motifs is 1.